The number of hydrogen-bond donors (Lipinski definition) is 1. The number of nitrogens with one attached hydrogen (secondary N) is 1. The first-order valence-corrected chi connectivity index (χ1v) is 8.41. The molecule has 3 rings (SSSR count). The summed E-state index contributed by atoms with van der Waals surface area (Å²) in [6.07, 6.45) is 4.87. The summed E-state index contributed by atoms with van der Waals surface area (Å²) in [5.41, 5.74) is 1.78. The maximum absolute atomic E-state index is 12.0. The molecule has 1 N–H and O–H groups in total. The molecule has 0 fully saturated rings. The van der Waals surface area contributed by atoms with Crippen molar-refractivity contribution in [3.05, 3.63) is 46.5 Å². The van der Waals surface area contributed by atoms with Crippen LogP contribution in [0.5, 0.6) is 0 Å². The summed E-state index contributed by atoms with van der Waals surface area (Å²) in [4.78, 5) is 29.7. The van der Waals surface area contributed by atoms with Crippen molar-refractivity contribution in [3.63, 3.8) is 0 Å². The highest BCUT2D eigenvalue weighted by atomic mass is 32.1. The van der Waals surface area contributed by atoms with Gasteiger partial charge < -0.3 is 5.32 Å². The number of aryl methyl sites for hydroxylation is 2. The van der Waals surface area contributed by atoms with Crippen molar-refractivity contribution in [1.82, 2.24) is 4.98 Å². The fraction of sp³-hybridized carbons (Fsp3) is 0.353. The lowest BCUT2D eigenvalue weighted by atomic mass is 10.0. The topological polar surface area (TPSA) is 59.1 Å². The van der Waals surface area contributed by atoms with Gasteiger partial charge in [-0.3, -0.25) is 9.59 Å². The van der Waals surface area contributed by atoms with Gasteiger partial charge in [-0.2, -0.15) is 0 Å². The summed E-state index contributed by atoms with van der Waals surface area (Å²) >= 11 is 1.57. The molecule has 2 aromatic rings. The second-order valence-electron chi connectivity index (χ2n) is 5.43. The number of carbonyl (C=O) groups is 2. The van der Waals surface area contributed by atoms with Gasteiger partial charge in [0, 0.05) is 23.3 Å². The van der Waals surface area contributed by atoms with Gasteiger partial charge in [-0.05, 0) is 25.7 Å². The Morgan fingerprint density at radius 1 is 1.09 bits per heavy atom. The number of aromatic nitrogens is 1. The summed E-state index contributed by atoms with van der Waals surface area (Å²) in [5.74, 6) is -0.149. The third-order valence-corrected chi connectivity index (χ3v) is 4.84. The van der Waals surface area contributed by atoms with E-state index in [1.165, 1.54) is 17.7 Å². The zero-order valence-corrected chi connectivity index (χ0v) is 13.1. The van der Waals surface area contributed by atoms with Crippen molar-refractivity contribution in [2.24, 2.45) is 0 Å². The molecule has 4 nitrogen and oxygen atoms in total. The molecule has 22 heavy (non-hydrogen) atoms. The minimum atomic E-state index is -0.143. The van der Waals surface area contributed by atoms with Crippen LogP contribution < -0.4 is 5.32 Å². The van der Waals surface area contributed by atoms with Gasteiger partial charge in [0.05, 0.1) is 5.69 Å². The van der Waals surface area contributed by atoms with Crippen LogP contribution >= 0.6 is 11.3 Å². The van der Waals surface area contributed by atoms with Crippen LogP contribution in [-0.2, 0) is 17.6 Å². The second-order valence-corrected chi connectivity index (χ2v) is 6.52. The van der Waals surface area contributed by atoms with Crippen molar-refractivity contribution >= 4 is 28.2 Å². The largest absolute Gasteiger partial charge is 0.302 e. The lowest BCUT2D eigenvalue weighted by Crippen LogP contribution is -2.13. The van der Waals surface area contributed by atoms with Gasteiger partial charge >= 0.3 is 0 Å². The van der Waals surface area contributed by atoms with E-state index < -0.39 is 0 Å². The van der Waals surface area contributed by atoms with Gasteiger partial charge in [-0.25, -0.2) is 4.98 Å². The highest BCUT2D eigenvalue weighted by Crippen LogP contribution is 2.29. The molecule has 1 heterocycles. The fourth-order valence-electron chi connectivity index (χ4n) is 2.58. The highest BCUT2D eigenvalue weighted by molar-refractivity contribution is 7.15. The quantitative estimate of drug-likeness (QED) is 0.857. The average Bonchev–Trinajstić information content (AvgIpc) is 2.95. The molecule has 1 aromatic heterocycles. The number of Topliss-reactive ketones (excluding diaryl/α,β-unsaturated/α-hetero) is 1. The number of ketones is 1. The van der Waals surface area contributed by atoms with Crippen molar-refractivity contribution in [2.45, 2.75) is 38.5 Å². The lowest BCUT2D eigenvalue weighted by molar-refractivity contribution is -0.116. The SMILES string of the molecule is O=C(CCC(=O)c1ccccc1)Nc1nc2c(s1)CCCC2. The first-order chi connectivity index (χ1) is 10.7. The molecule has 0 aliphatic heterocycles. The highest BCUT2D eigenvalue weighted by Gasteiger charge is 2.16. The number of thiazole rings is 1. The average molecular weight is 314 g/mol. The number of nitrogens with zero attached hydrogens (tertiary/aromatic N) is 1. The molecule has 0 spiro atoms. The van der Waals surface area contributed by atoms with Crippen LogP contribution in [0.15, 0.2) is 30.3 Å². The van der Waals surface area contributed by atoms with Gasteiger partial charge in [0.25, 0.3) is 0 Å². The smallest absolute Gasteiger partial charge is 0.226 e. The summed E-state index contributed by atoms with van der Waals surface area (Å²) in [6, 6.07) is 9.07. The van der Waals surface area contributed by atoms with Crippen LogP contribution in [0.1, 0.15) is 46.6 Å². The van der Waals surface area contributed by atoms with Gasteiger partial charge in [-0.15, -0.1) is 11.3 Å². The van der Waals surface area contributed by atoms with E-state index in [0.717, 1.165) is 18.5 Å². The Hall–Kier alpha value is -2.01. The molecule has 0 saturated heterocycles. The fourth-order valence-corrected chi connectivity index (χ4v) is 3.65. The second kappa shape index (κ2) is 6.83. The van der Waals surface area contributed by atoms with E-state index in [-0.39, 0.29) is 24.5 Å². The lowest BCUT2D eigenvalue weighted by Gasteiger charge is -2.06. The van der Waals surface area contributed by atoms with Crippen molar-refractivity contribution in [2.75, 3.05) is 5.32 Å². The maximum Gasteiger partial charge on any atom is 0.226 e. The van der Waals surface area contributed by atoms with E-state index in [9.17, 15) is 9.59 Å². The Kier molecular flexibility index (Phi) is 4.63. The van der Waals surface area contributed by atoms with Gasteiger partial charge in [0.2, 0.25) is 5.91 Å². The third-order valence-electron chi connectivity index (χ3n) is 3.77. The van der Waals surface area contributed by atoms with E-state index in [1.807, 2.05) is 18.2 Å². The Morgan fingerprint density at radius 3 is 2.64 bits per heavy atom. The number of hydrogen-bond acceptors (Lipinski definition) is 4. The summed E-state index contributed by atoms with van der Waals surface area (Å²) in [7, 11) is 0. The minimum Gasteiger partial charge on any atom is -0.302 e. The molecular weight excluding hydrogens is 296 g/mol. The molecule has 0 radical (unpaired) electrons. The monoisotopic (exact) mass is 314 g/mol. The molecule has 0 bridgehead atoms. The van der Waals surface area contributed by atoms with Gasteiger partial charge in [-0.1, -0.05) is 30.3 Å². The predicted molar refractivity (Wildman–Crippen MR) is 87.4 cm³/mol. The minimum absolute atomic E-state index is 0.00539. The molecule has 1 amide bonds. The van der Waals surface area contributed by atoms with Gasteiger partial charge in [0.1, 0.15) is 0 Å². The van der Waals surface area contributed by atoms with E-state index in [0.29, 0.717) is 10.7 Å². The van der Waals surface area contributed by atoms with Crippen molar-refractivity contribution < 1.29 is 9.59 Å². The maximum atomic E-state index is 12.0. The number of fused-ring (bicyclic) bond motifs is 1. The van der Waals surface area contributed by atoms with E-state index in [4.69, 9.17) is 0 Å². The summed E-state index contributed by atoms with van der Waals surface area (Å²) < 4.78 is 0. The third kappa shape index (κ3) is 3.60. The number of carbonyl (C=O) groups excluding carboxylic acids is 2. The molecule has 1 aliphatic rings. The Labute approximate surface area is 133 Å². The van der Waals surface area contributed by atoms with Crippen molar-refractivity contribution in [3.8, 4) is 0 Å². The Morgan fingerprint density at radius 2 is 1.86 bits per heavy atom. The Balaban J connectivity index is 1.52. The number of amides is 1. The standard InChI is InChI=1S/C17H18N2O2S/c20-14(12-6-2-1-3-7-12)10-11-16(21)19-17-18-13-8-4-5-9-15(13)22-17/h1-3,6-7H,4-5,8-11H2,(H,18,19,21). The molecule has 1 aliphatic carbocycles. The zero-order chi connectivity index (χ0) is 15.4. The zero-order valence-electron chi connectivity index (χ0n) is 12.3. The number of anilines is 1. The number of benzene rings is 1. The molecule has 1 aromatic carbocycles. The van der Waals surface area contributed by atoms with Crippen LogP contribution in [0.2, 0.25) is 0 Å². The summed E-state index contributed by atoms with van der Waals surface area (Å²) in [6.45, 7) is 0. The molecular formula is C17H18N2O2S. The Bertz CT molecular complexity index is 656. The molecule has 114 valence electrons. The van der Waals surface area contributed by atoms with Crippen molar-refractivity contribution in [1.29, 1.82) is 0 Å². The number of rotatable bonds is 5. The molecule has 5 heteroatoms. The van der Waals surface area contributed by atoms with Crippen LogP contribution in [0.25, 0.3) is 0 Å². The summed E-state index contributed by atoms with van der Waals surface area (Å²) in [5, 5.41) is 3.49. The van der Waals surface area contributed by atoms with Crippen LogP contribution in [0.4, 0.5) is 5.13 Å². The molecule has 0 unspecified atom stereocenters. The molecule has 0 saturated carbocycles. The van der Waals surface area contributed by atoms with Crippen LogP contribution in [0.3, 0.4) is 0 Å². The van der Waals surface area contributed by atoms with Crippen LogP contribution in [-0.4, -0.2) is 16.7 Å². The molecule has 0 atom stereocenters. The van der Waals surface area contributed by atoms with Crippen LogP contribution in [0, 0.1) is 0 Å². The van der Waals surface area contributed by atoms with Gasteiger partial charge in [0.15, 0.2) is 10.9 Å². The van der Waals surface area contributed by atoms with E-state index in [1.54, 1.807) is 23.5 Å². The predicted octanol–water partition coefficient (Wildman–Crippen LogP) is 3.62. The first kappa shape index (κ1) is 14.9. The normalized spacial score (nSPS) is 13.5. The first-order valence-electron chi connectivity index (χ1n) is 7.59. The van der Waals surface area contributed by atoms with E-state index in [2.05, 4.69) is 10.3 Å². The van der Waals surface area contributed by atoms with E-state index >= 15 is 0 Å².